The van der Waals surface area contributed by atoms with E-state index in [2.05, 4.69) is 10.3 Å². The van der Waals surface area contributed by atoms with Crippen molar-refractivity contribution in [2.45, 2.75) is 44.9 Å². The molecule has 0 radical (unpaired) electrons. The Balaban J connectivity index is 1.54. The summed E-state index contributed by atoms with van der Waals surface area (Å²) in [6.45, 7) is 3.53. The maximum Gasteiger partial charge on any atom is 0.272 e. The van der Waals surface area contributed by atoms with Gasteiger partial charge in [-0.2, -0.15) is 0 Å². The Morgan fingerprint density at radius 1 is 1.09 bits per heavy atom. The highest BCUT2D eigenvalue weighted by Crippen LogP contribution is 2.30. The molecule has 2 saturated heterocycles. The summed E-state index contributed by atoms with van der Waals surface area (Å²) in [6.07, 6.45) is 7.65. The molecule has 3 amide bonds. The minimum absolute atomic E-state index is 0.141. The first kappa shape index (κ1) is 25.4. The number of hydrogen-bond donors (Lipinski definition) is 1. The lowest BCUT2D eigenvalue weighted by molar-refractivity contribution is -0.125. The number of hydrogen-bond acceptors (Lipinski definition) is 6. The molecule has 9 nitrogen and oxygen atoms in total. The molecule has 0 spiro atoms. The first-order valence-corrected chi connectivity index (χ1v) is 12.0. The third-order valence-corrected chi connectivity index (χ3v) is 6.81. The number of carbonyl (C=O) groups excluding carboxylic acids is 5. The molecule has 2 aliphatic heterocycles. The number of hydrazine groups is 1. The average molecular weight is 471 g/mol. The van der Waals surface area contributed by atoms with E-state index in [0.29, 0.717) is 31.0 Å². The molecule has 0 atom stereocenters. The van der Waals surface area contributed by atoms with Crippen LogP contribution >= 0.6 is 0 Å². The Labute approximate surface area is 200 Å². The van der Waals surface area contributed by atoms with Crippen LogP contribution in [-0.2, 0) is 14.4 Å². The summed E-state index contributed by atoms with van der Waals surface area (Å²) in [5.74, 6) is 0.476. The van der Waals surface area contributed by atoms with Crippen LogP contribution in [0.4, 0.5) is 5.69 Å². The zero-order valence-electron chi connectivity index (χ0n) is 19.8. The number of nitrogens with one attached hydrogen (secondary N) is 1. The number of unbranched alkanes of at least 4 members (excludes halogenated alkanes) is 1. The molecule has 1 aromatic rings. The number of anilines is 1. The van der Waals surface area contributed by atoms with Crippen LogP contribution in [-0.4, -0.2) is 73.9 Å². The highest BCUT2D eigenvalue weighted by Gasteiger charge is 2.27. The molecule has 2 fully saturated rings. The van der Waals surface area contributed by atoms with E-state index in [1.165, 1.54) is 13.5 Å². The smallest absolute Gasteiger partial charge is 0.272 e. The summed E-state index contributed by atoms with van der Waals surface area (Å²) in [5.41, 5.74) is 3.92. The van der Waals surface area contributed by atoms with Crippen molar-refractivity contribution in [3.63, 3.8) is 0 Å². The van der Waals surface area contributed by atoms with Gasteiger partial charge in [-0.25, -0.2) is 0 Å². The second-order valence-electron chi connectivity index (χ2n) is 9.28. The van der Waals surface area contributed by atoms with Crippen LogP contribution in [0.25, 0.3) is 0 Å². The van der Waals surface area contributed by atoms with Crippen molar-refractivity contribution >= 4 is 36.5 Å². The molecule has 1 aromatic carbocycles. The Morgan fingerprint density at radius 2 is 1.79 bits per heavy atom. The summed E-state index contributed by atoms with van der Waals surface area (Å²) >= 11 is 0. The number of rotatable bonds is 11. The number of nitrogens with zero attached hydrogens (tertiary/aromatic N) is 3. The van der Waals surface area contributed by atoms with Gasteiger partial charge >= 0.3 is 0 Å². The van der Waals surface area contributed by atoms with Gasteiger partial charge in [0.25, 0.3) is 5.91 Å². The first-order chi connectivity index (χ1) is 16.4. The van der Waals surface area contributed by atoms with Gasteiger partial charge in [0.05, 0.1) is 5.56 Å². The Morgan fingerprint density at radius 3 is 2.44 bits per heavy atom. The van der Waals surface area contributed by atoms with Crippen molar-refractivity contribution in [1.82, 2.24) is 15.3 Å². The van der Waals surface area contributed by atoms with E-state index in [1.807, 2.05) is 11.0 Å². The third-order valence-electron chi connectivity index (χ3n) is 6.81. The summed E-state index contributed by atoms with van der Waals surface area (Å²) in [6, 6.07) is 5.24. The summed E-state index contributed by atoms with van der Waals surface area (Å²) in [5, 5.41) is 1.09. The van der Waals surface area contributed by atoms with Gasteiger partial charge in [-0.05, 0) is 62.1 Å². The molecule has 0 saturated carbocycles. The van der Waals surface area contributed by atoms with Crippen molar-refractivity contribution in [1.29, 1.82) is 0 Å². The zero-order valence-corrected chi connectivity index (χ0v) is 19.8. The van der Waals surface area contributed by atoms with Gasteiger partial charge in [-0.3, -0.25) is 29.6 Å². The minimum atomic E-state index is -0.465. The zero-order chi connectivity index (χ0) is 24.5. The van der Waals surface area contributed by atoms with E-state index in [-0.39, 0.29) is 23.5 Å². The fourth-order valence-electron chi connectivity index (χ4n) is 4.68. The summed E-state index contributed by atoms with van der Waals surface area (Å²) in [7, 11) is 1.45. The fourth-order valence-corrected chi connectivity index (χ4v) is 4.68. The summed E-state index contributed by atoms with van der Waals surface area (Å²) < 4.78 is 0. The van der Waals surface area contributed by atoms with Gasteiger partial charge in [0.1, 0.15) is 6.29 Å². The maximum absolute atomic E-state index is 13.0. The van der Waals surface area contributed by atoms with Gasteiger partial charge in [-0.15, -0.1) is 0 Å². The second-order valence-corrected chi connectivity index (χ2v) is 9.28. The molecular weight excluding hydrogens is 436 g/mol. The number of benzene rings is 1. The molecule has 3 rings (SSSR count). The van der Waals surface area contributed by atoms with Gasteiger partial charge in [0, 0.05) is 57.3 Å². The van der Waals surface area contributed by atoms with Crippen LogP contribution in [0.5, 0.6) is 0 Å². The van der Waals surface area contributed by atoms with Crippen LogP contribution in [0, 0.1) is 11.8 Å². The quantitative estimate of drug-likeness (QED) is 0.301. The van der Waals surface area contributed by atoms with Gasteiger partial charge in [0.15, 0.2) is 6.29 Å². The van der Waals surface area contributed by atoms with Crippen LogP contribution in [0.15, 0.2) is 18.2 Å². The van der Waals surface area contributed by atoms with E-state index in [9.17, 15) is 24.0 Å². The normalized spacial score (nSPS) is 16.5. The molecule has 9 heteroatoms. The molecule has 0 aliphatic carbocycles. The van der Waals surface area contributed by atoms with E-state index in [1.54, 1.807) is 12.1 Å². The third kappa shape index (κ3) is 6.65. The molecular formula is C25H34N4O5. The lowest BCUT2D eigenvalue weighted by atomic mass is 9.86. The molecule has 2 heterocycles. The second kappa shape index (κ2) is 12.3. The molecule has 2 aliphatic rings. The first-order valence-electron chi connectivity index (χ1n) is 12.0. The largest absolute Gasteiger partial charge is 0.371 e. The van der Waals surface area contributed by atoms with Gasteiger partial charge < -0.3 is 14.6 Å². The monoisotopic (exact) mass is 470 g/mol. The number of piperidine rings is 1. The Kier molecular flexibility index (Phi) is 9.18. The van der Waals surface area contributed by atoms with Crippen molar-refractivity contribution in [3.05, 3.63) is 29.3 Å². The number of amides is 3. The van der Waals surface area contributed by atoms with Crippen molar-refractivity contribution in [3.8, 4) is 0 Å². The minimum Gasteiger partial charge on any atom is -0.371 e. The Hall–Kier alpha value is -3.23. The van der Waals surface area contributed by atoms with E-state index < -0.39 is 5.91 Å². The van der Waals surface area contributed by atoms with Crippen LogP contribution < -0.4 is 10.3 Å². The molecule has 184 valence electrons. The Bertz CT molecular complexity index is 891. The molecule has 0 unspecified atom stereocenters. The van der Waals surface area contributed by atoms with Crippen LogP contribution in [0.1, 0.15) is 65.7 Å². The van der Waals surface area contributed by atoms with E-state index >= 15 is 0 Å². The van der Waals surface area contributed by atoms with Crippen LogP contribution in [0.3, 0.4) is 0 Å². The predicted molar refractivity (Wildman–Crippen MR) is 127 cm³/mol. The number of likely N-dealkylation sites (tertiary alicyclic amines) is 1. The molecule has 0 aromatic heterocycles. The highest BCUT2D eigenvalue weighted by atomic mass is 16.2. The average Bonchev–Trinajstić information content (AvgIpc) is 2.83. The highest BCUT2D eigenvalue weighted by molar-refractivity contribution is 6.02. The molecule has 0 bridgehead atoms. The van der Waals surface area contributed by atoms with Crippen molar-refractivity contribution < 1.29 is 24.0 Å². The van der Waals surface area contributed by atoms with E-state index in [0.717, 1.165) is 68.8 Å². The SMILES string of the molecule is CN(NC(=O)CCCC=O)C(=O)c1cc(N2CCC(CCC3CN(C=O)C3)CC2)ccc1C=O. The van der Waals surface area contributed by atoms with Gasteiger partial charge in [0.2, 0.25) is 12.3 Å². The maximum atomic E-state index is 13.0. The fraction of sp³-hybridized carbons (Fsp3) is 0.560. The number of carbonyl (C=O) groups is 5. The molecule has 1 N–H and O–H groups in total. The predicted octanol–water partition coefficient (Wildman–Crippen LogP) is 2.06. The topological polar surface area (TPSA) is 107 Å². The lowest BCUT2D eigenvalue weighted by Crippen LogP contribution is -2.45. The lowest BCUT2D eigenvalue weighted by Gasteiger charge is -2.38. The number of aldehydes is 2. The van der Waals surface area contributed by atoms with Crippen molar-refractivity contribution in [2.75, 3.05) is 38.1 Å². The van der Waals surface area contributed by atoms with Gasteiger partial charge in [-0.1, -0.05) is 0 Å². The molecule has 34 heavy (non-hydrogen) atoms. The van der Waals surface area contributed by atoms with E-state index in [4.69, 9.17) is 0 Å². The van der Waals surface area contributed by atoms with Crippen molar-refractivity contribution in [2.24, 2.45) is 11.8 Å². The van der Waals surface area contributed by atoms with Crippen LogP contribution in [0.2, 0.25) is 0 Å². The standard InChI is InChI=1S/C25H34N4O5/c1-27(26-24(33)4-2-3-13-30)25(34)23-14-22(8-7-21(23)17-31)29-11-9-19(10-12-29)5-6-20-15-28(16-20)18-32/h7-8,13-14,17-20H,2-6,9-12,15-16H2,1H3,(H,26,33). The summed E-state index contributed by atoms with van der Waals surface area (Å²) in [4.78, 5) is 61.6.